The number of rotatable bonds is 5. The molecule has 0 aliphatic rings. The largest absolute Gasteiger partial charge is 0.478 e. The van der Waals surface area contributed by atoms with E-state index in [4.69, 9.17) is 40.5 Å². The van der Waals surface area contributed by atoms with E-state index in [0.29, 0.717) is 6.42 Å². The van der Waals surface area contributed by atoms with Crippen LogP contribution < -0.4 is 10.6 Å². The lowest BCUT2D eigenvalue weighted by Crippen LogP contribution is -2.34. The molecule has 0 saturated heterocycles. The normalized spacial score (nSPS) is 10.0. The Balaban J connectivity index is 2.77. The molecule has 21 heavy (non-hydrogen) atoms. The van der Waals surface area contributed by atoms with Gasteiger partial charge in [-0.15, -0.1) is 0 Å². The highest BCUT2D eigenvalue weighted by Crippen LogP contribution is 2.31. The van der Waals surface area contributed by atoms with Gasteiger partial charge in [-0.1, -0.05) is 36.5 Å². The van der Waals surface area contributed by atoms with Crippen molar-refractivity contribution in [1.29, 1.82) is 0 Å². The summed E-state index contributed by atoms with van der Waals surface area (Å²) in [7, 11) is 0. The van der Waals surface area contributed by atoms with E-state index in [9.17, 15) is 9.59 Å². The lowest BCUT2D eigenvalue weighted by atomic mass is 10.2. The number of carbonyl (C=O) groups excluding carboxylic acids is 1. The van der Waals surface area contributed by atoms with Crippen molar-refractivity contribution in [1.82, 2.24) is 5.32 Å². The number of anilines is 1. The number of carbonyl (C=O) groups is 2. The van der Waals surface area contributed by atoms with Crippen molar-refractivity contribution in [2.75, 3.05) is 5.32 Å². The zero-order valence-electron chi connectivity index (χ0n) is 11.2. The minimum Gasteiger partial charge on any atom is -0.478 e. The molecule has 0 aromatic heterocycles. The number of nitrogens with one attached hydrogen (secondary N) is 2. The number of aromatic carboxylic acids is 1. The highest BCUT2D eigenvalue weighted by Gasteiger charge is 2.14. The van der Waals surface area contributed by atoms with Crippen LogP contribution in [0, 0.1) is 0 Å². The molecule has 1 rings (SSSR count). The number of hydrogen-bond acceptors (Lipinski definition) is 3. The van der Waals surface area contributed by atoms with Crippen LogP contribution in [0.15, 0.2) is 12.1 Å². The number of hydrogen-bond donors (Lipinski definition) is 3. The van der Waals surface area contributed by atoms with Crippen LogP contribution in [0.1, 0.15) is 36.5 Å². The summed E-state index contributed by atoms with van der Waals surface area (Å²) in [4.78, 5) is 22.4. The third-order valence-electron chi connectivity index (χ3n) is 2.54. The number of benzene rings is 1. The van der Waals surface area contributed by atoms with Crippen molar-refractivity contribution < 1.29 is 14.7 Å². The van der Waals surface area contributed by atoms with Crippen molar-refractivity contribution >= 4 is 58.1 Å². The van der Waals surface area contributed by atoms with Gasteiger partial charge in [0.05, 0.1) is 21.3 Å². The van der Waals surface area contributed by atoms with E-state index in [1.54, 1.807) is 0 Å². The van der Waals surface area contributed by atoms with E-state index in [2.05, 4.69) is 10.6 Å². The minimum atomic E-state index is -1.14. The van der Waals surface area contributed by atoms with Gasteiger partial charge in [0, 0.05) is 6.42 Å². The monoisotopic (exact) mass is 348 g/mol. The highest BCUT2D eigenvalue weighted by molar-refractivity contribution is 7.80. The number of halogens is 2. The summed E-state index contributed by atoms with van der Waals surface area (Å²) in [6.45, 7) is 1.98. The maximum Gasteiger partial charge on any atom is 0.335 e. The average Bonchev–Trinajstić information content (AvgIpc) is 2.40. The third kappa shape index (κ3) is 5.49. The molecule has 5 nitrogen and oxygen atoms in total. The van der Waals surface area contributed by atoms with Crippen molar-refractivity contribution in [3.63, 3.8) is 0 Å². The number of amides is 1. The molecule has 1 aromatic rings. The third-order valence-corrected chi connectivity index (χ3v) is 3.34. The van der Waals surface area contributed by atoms with Gasteiger partial charge in [0.15, 0.2) is 5.11 Å². The van der Waals surface area contributed by atoms with Gasteiger partial charge in [-0.2, -0.15) is 0 Å². The van der Waals surface area contributed by atoms with Gasteiger partial charge in [-0.05, 0) is 30.8 Å². The lowest BCUT2D eigenvalue weighted by molar-refractivity contribution is -0.119. The van der Waals surface area contributed by atoms with E-state index in [0.717, 1.165) is 12.8 Å². The van der Waals surface area contributed by atoms with Crippen LogP contribution in [0.3, 0.4) is 0 Å². The molecule has 0 heterocycles. The molecule has 0 radical (unpaired) electrons. The van der Waals surface area contributed by atoms with Crippen molar-refractivity contribution in [2.24, 2.45) is 0 Å². The van der Waals surface area contributed by atoms with Crippen LogP contribution in [-0.2, 0) is 4.79 Å². The molecule has 0 unspecified atom stereocenters. The van der Waals surface area contributed by atoms with Gasteiger partial charge >= 0.3 is 5.97 Å². The van der Waals surface area contributed by atoms with Crippen LogP contribution in [0.25, 0.3) is 0 Å². The minimum absolute atomic E-state index is 0.0338. The molecule has 0 atom stereocenters. The Morgan fingerprint density at radius 2 is 1.86 bits per heavy atom. The summed E-state index contributed by atoms with van der Waals surface area (Å²) in [5.41, 5.74) is 0.220. The summed E-state index contributed by atoms with van der Waals surface area (Å²) in [6.07, 6.45) is 2.04. The Morgan fingerprint density at radius 1 is 1.29 bits per heavy atom. The lowest BCUT2D eigenvalue weighted by Gasteiger charge is -2.13. The molecule has 3 N–H and O–H groups in total. The van der Waals surface area contributed by atoms with Crippen molar-refractivity contribution in [3.8, 4) is 0 Å². The first kappa shape index (κ1) is 17.7. The quantitative estimate of drug-likeness (QED) is 0.707. The summed E-state index contributed by atoms with van der Waals surface area (Å²) in [5, 5.41) is 14.3. The zero-order valence-corrected chi connectivity index (χ0v) is 13.5. The Labute approximate surface area is 137 Å². The summed E-state index contributed by atoms with van der Waals surface area (Å²) in [6, 6.07) is 2.50. The maximum atomic E-state index is 11.5. The molecular formula is C13H14Cl2N2O3S. The molecule has 1 amide bonds. The highest BCUT2D eigenvalue weighted by atomic mass is 35.5. The Morgan fingerprint density at radius 3 is 2.33 bits per heavy atom. The molecule has 1 aromatic carbocycles. The standard InChI is InChI=1S/C13H14Cl2N2O3S/c1-2-3-4-10(18)16-13(21)17-11-8(14)5-7(12(19)20)6-9(11)15/h5-6H,2-4H2,1H3,(H,19,20)(H2,16,17,18,21). The van der Waals surface area contributed by atoms with E-state index in [-0.39, 0.29) is 32.3 Å². The summed E-state index contributed by atoms with van der Waals surface area (Å²) < 4.78 is 0. The predicted molar refractivity (Wildman–Crippen MR) is 87.3 cm³/mol. The topological polar surface area (TPSA) is 78.4 Å². The van der Waals surface area contributed by atoms with Gasteiger partial charge in [0.25, 0.3) is 0 Å². The van der Waals surface area contributed by atoms with Gasteiger partial charge in [0.1, 0.15) is 0 Å². The van der Waals surface area contributed by atoms with Gasteiger partial charge in [0.2, 0.25) is 5.91 Å². The molecule has 0 bridgehead atoms. The first-order valence-corrected chi connectivity index (χ1v) is 7.34. The second-order valence-corrected chi connectivity index (χ2v) is 5.45. The summed E-state index contributed by atoms with van der Waals surface area (Å²) >= 11 is 16.9. The smallest absolute Gasteiger partial charge is 0.335 e. The Kier molecular flexibility index (Phi) is 6.87. The predicted octanol–water partition coefficient (Wildman–Crippen LogP) is 3.69. The van der Waals surface area contributed by atoms with Crippen molar-refractivity contribution in [2.45, 2.75) is 26.2 Å². The van der Waals surface area contributed by atoms with E-state index >= 15 is 0 Å². The van der Waals surface area contributed by atoms with Crippen LogP contribution in [0.4, 0.5) is 5.69 Å². The fraction of sp³-hybridized carbons (Fsp3) is 0.308. The van der Waals surface area contributed by atoms with Crippen LogP contribution in [0.2, 0.25) is 10.0 Å². The zero-order chi connectivity index (χ0) is 16.0. The average molecular weight is 349 g/mol. The molecule has 114 valence electrons. The molecule has 0 saturated carbocycles. The molecular weight excluding hydrogens is 335 g/mol. The van der Waals surface area contributed by atoms with Gasteiger partial charge in [-0.3, -0.25) is 4.79 Å². The van der Waals surface area contributed by atoms with Gasteiger partial charge in [-0.25, -0.2) is 4.79 Å². The molecule has 0 spiro atoms. The van der Waals surface area contributed by atoms with Crippen LogP contribution in [0.5, 0.6) is 0 Å². The van der Waals surface area contributed by atoms with E-state index < -0.39 is 5.97 Å². The van der Waals surface area contributed by atoms with E-state index in [1.807, 2.05) is 6.92 Å². The second kappa shape index (κ2) is 8.17. The SMILES string of the molecule is CCCCC(=O)NC(=S)Nc1c(Cl)cc(C(=O)O)cc1Cl. The fourth-order valence-electron chi connectivity index (χ4n) is 1.49. The van der Waals surface area contributed by atoms with Crippen LogP contribution in [-0.4, -0.2) is 22.1 Å². The number of carboxylic acid groups (broad SMARTS) is 1. The second-order valence-electron chi connectivity index (χ2n) is 4.23. The first-order valence-electron chi connectivity index (χ1n) is 6.18. The first-order chi connectivity index (χ1) is 9.85. The Bertz CT molecular complexity index is 556. The number of carboxylic acids is 1. The Hall–Kier alpha value is -1.37. The number of thiocarbonyl (C=S) groups is 1. The van der Waals surface area contributed by atoms with Crippen LogP contribution >= 0.6 is 35.4 Å². The fourth-order valence-corrected chi connectivity index (χ4v) is 2.28. The van der Waals surface area contributed by atoms with Crippen molar-refractivity contribution in [3.05, 3.63) is 27.7 Å². The maximum absolute atomic E-state index is 11.5. The number of unbranched alkanes of at least 4 members (excludes halogenated alkanes) is 1. The molecule has 0 fully saturated rings. The molecule has 0 aliphatic carbocycles. The molecule has 0 aliphatic heterocycles. The summed E-state index contributed by atoms with van der Waals surface area (Å²) in [5.74, 6) is -1.34. The molecule has 8 heteroatoms. The van der Waals surface area contributed by atoms with Gasteiger partial charge < -0.3 is 15.7 Å². The van der Waals surface area contributed by atoms with E-state index in [1.165, 1.54) is 12.1 Å².